The molecule has 0 amide bonds. The summed E-state index contributed by atoms with van der Waals surface area (Å²) in [4.78, 5) is 4.89. The molecule has 138 valence electrons. The smallest absolute Gasteiger partial charge is 0.125 e. The summed E-state index contributed by atoms with van der Waals surface area (Å²) in [5.41, 5.74) is 5.16. The summed E-state index contributed by atoms with van der Waals surface area (Å²) in [5, 5.41) is 4.38. The van der Waals surface area contributed by atoms with E-state index in [2.05, 4.69) is 41.0 Å². The number of nitrogens with zero attached hydrogens (tertiary/aromatic N) is 4. The second-order valence-electron chi connectivity index (χ2n) is 6.42. The van der Waals surface area contributed by atoms with Gasteiger partial charge >= 0.3 is 0 Å². The Balaban J connectivity index is 1.73. The van der Waals surface area contributed by atoms with E-state index in [1.54, 1.807) is 16.9 Å². The topological polar surface area (TPSA) is 35.6 Å². The zero-order valence-corrected chi connectivity index (χ0v) is 16.2. The van der Waals surface area contributed by atoms with Crippen LogP contribution in [0.5, 0.6) is 0 Å². The molecule has 0 N–H and O–H groups in total. The summed E-state index contributed by atoms with van der Waals surface area (Å²) >= 11 is 1.81. The fraction of sp³-hybridized carbons (Fsp3) is 0.238. The van der Waals surface area contributed by atoms with Crippen molar-refractivity contribution in [1.29, 1.82) is 0 Å². The van der Waals surface area contributed by atoms with Gasteiger partial charge in [-0.3, -0.25) is 0 Å². The number of hydrogen-bond donors (Lipinski definition) is 0. The highest BCUT2D eigenvalue weighted by molar-refractivity contribution is 7.97. The lowest BCUT2D eigenvalue weighted by Gasteiger charge is -2.09. The molecule has 6 heteroatoms. The fourth-order valence-corrected chi connectivity index (χ4v) is 3.95. The molecule has 4 aromatic rings. The standard InChI is InChI=1S/C21H21FN4S/c1-3-25-20-8-7-15(14-27-2)11-19(20)24-21(25)13-18-9-10-23-26(18)17-6-4-5-16(22)12-17/h4-12H,3,13-14H2,1-2H3. The van der Waals surface area contributed by atoms with Crippen LogP contribution in [0.2, 0.25) is 0 Å². The van der Waals surface area contributed by atoms with Gasteiger partial charge in [-0.1, -0.05) is 12.1 Å². The summed E-state index contributed by atoms with van der Waals surface area (Å²) < 4.78 is 17.6. The molecule has 0 saturated heterocycles. The zero-order valence-electron chi connectivity index (χ0n) is 15.4. The van der Waals surface area contributed by atoms with Crippen LogP contribution >= 0.6 is 11.8 Å². The molecule has 2 heterocycles. The zero-order chi connectivity index (χ0) is 18.8. The average Bonchev–Trinajstić information content (AvgIpc) is 3.25. The quantitative estimate of drug-likeness (QED) is 0.480. The van der Waals surface area contributed by atoms with E-state index in [0.29, 0.717) is 6.42 Å². The van der Waals surface area contributed by atoms with E-state index in [0.717, 1.165) is 40.5 Å². The minimum absolute atomic E-state index is 0.268. The summed E-state index contributed by atoms with van der Waals surface area (Å²) in [6.45, 7) is 2.98. The fourth-order valence-electron chi connectivity index (χ4n) is 3.44. The number of hydrogen-bond acceptors (Lipinski definition) is 3. The molecule has 0 atom stereocenters. The Labute approximate surface area is 162 Å². The molecule has 0 fully saturated rings. The van der Waals surface area contributed by atoms with Crippen molar-refractivity contribution in [3.8, 4) is 5.69 Å². The van der Waals surface area contributed by atoms with Crippen LogP contribution < -0.4 is 0 Å². The lowest BCUT2D eigenvalue weighted by Crippen LogP contribution is -2.07. The molecule has 4 rings (SSSR count). The number of rotatable bonds is 6. The number of imidazole rings is 1. The van der Waals surface area contributed by atoms with Gasteiger partial charge in [-0.25, -0.2) is 14.1 Å². The van der Waals surface area contributed by atoms with Crippen molar-refractivity contribution in [3.63, 3.8) is 0 Å². The monoisotopic (exact) mass is 380 g/mol. The first-order valence-electron chi connectivity index (χ1n) is 8.95. The summed E-state index contributed by atoms with van der Waals surface area (Å²) in [6, 6.07) is 15.0. The Bertz CT molecular complexity index is 1080. The van der Waals surface area contributed by atoms with Gasteiger partial charge in [0.05, 0.1) is 22.4 Å². The molecule has 0 saturated carbocycles. The number of aromatic nitrogens is 4. The summed E-state index contributed by atoms with van der Waals surface area (Å²) in [6.07, 6.45) is 4.49. The van der Waals surface area contributed by atoms with E-state index in [1.165, 1.54) is 17.7 Å². The first-order chi connectivity index (χ1) is 13.2. The van der Waals surface area contributed by atoms with E-state index in [9.17, 15) is 4.39 Å². The third-order valence-corrected chi connectivity index (χ3v) is 5.25. The van der Waals surface area contributed by atoms with Gasteiger partial charge in [0.15, 0.2) is 0 Å². The van der Waals surface area contributed by atoms with Gasteiger partial charge in [-0.15, -0.1) is 0 Å². The lowest BCUT2D eigenvalue weighted by atomic mass is 10.2. The van der Waals surface area contributed by atoms with Crippen molar-refractivity contribution < 1.29 is 4.39 Å². The van der Waals surface area contributed by atoms with Crippen molar-refractivity contribution in [3.05, 3.63) is 77.6 Å². The van der Waals surface area contributed by atoms with Crippen LogP contribution in [0, 0.1) is 5.82 Å². The maximum Gasteiger partial charge on any atom is 0.125 e. The predicted octanol–water partition coefficient (Wildman–Crippen LogP) is 4.83. The van der Waals surface area contributed by atoms with Crippen LogP contribution in [0.25, 0.3) is 16.7 Å². The van der Waals surface area contributed by atoms with Crippen LogP contribution in [-0.4, -0.2) is 25.6 Å². The van der Waals surface area contributed by atoms with Crippen LogP contribution in [0.15, 0.2) is 54.7 Å². The molecule has 0 aliphatic carbocycles. The third kappa shape index (κ3) is 3.49. The highest BCUT2D eigenvalue weighted by atomic mass is 32.2. The second-order valence-corrected chi connectivity index (χ2v) is 7.29. The third-order valence-electron chi connectivity index (χ3n) is 4.63. The van der Waals surface area contributed by atoms with Crippen LogP contribution in [-0.2, 0) is 18.7 Å². The van der Waals surface area contributed by atoms with Gasteiger partial charge in [-0.05, 0) is 55.1 Å². The van der Waals surface area contributed by atoms with Gasteiger partial charge in [0.25, 0.3) is 0 Å². The molecule has 0 unspecified atom stereocenters. The number of halogens is 1. The molecule has 4 nitrogen and oxygen atoms in total. The first-order valence-corrected chi connectivity index (χ1v) is 10.3. The maximum atomic E-state index is 13.6. The van der Waals surface area contributed by atoms with E-state index in [4.69, 9.17) is 4.98 Å². The van der Waals surface area contributed by atoms with Crippen molar-refractivity contribution in [2.75, 3.05) is 6.26 Å². The Morgan fingerprint density at radius 1 is 1.11 bits per heavy atom. The van der Waals surface area contributed by atoms with E-state index in [1.807, 2.05) is 23.9 Å². The largest absolute Gasteiger partial charge is 0.328 e. The van der Waals surface area contributed by atoms with Crippen LogP contribution in [0.3, 0.4) is 0 Å². The highest BCUT2D eigenvalue weighted by Gasteiger charge is 2.14. The normalized spacial score (nSPS) is 11.4. The maximum absolute atomic E-state index is 13.6. The summed E-state index contributed by atoms with van der Waals surface area (Å²) in [5.74, 6) is 1.71. The van der Waals surface area contributed by atoms with Crippen molar-refractivity contribution in [1.82, 2.24) is 19.3 Å². The van der Waals surface area contributed by atoms with Crippen molar-refractivity contribution in [2.24, 2.45) is 0 Å². The Morgan fingerprint density at radius 3 is 2.78 bits per heavy atom. The number of thioether (sulfide) groups is 1. The van der Waals surface area contributed by atoms with Gasteiger partial charge in [0.1, 0.15) is 11.6 Å². The molecule has 0 bridgehead atoms. The molecular formula is C21H21FN4S. The Morgan fingerprint density at radius 2 is 2.00 bits per heavy atom. The van der Waals surface area contributed by atoms with E-state index in [-0.39, 0.29) is 5.82 Å². The first kappa shape index (κ1) is 17.8. The SMILES string of the molecule is CCn1c(Cc2ccnn2-c2cccc(F)c2)nc2cc(CSC)ccc21. The minimum atomic E-state index is -0.268. The van der Waals surface area contributed by atoms with Gasteiger partial charge in [-0.2, -0.15) is 16.9 Å². The van der Waals surface area contributed by atoms with Gasteiger partial charge < -0.3 is 4.57 Å². The van der Waals surface area contributed by atoms with Crippen LogP contribution in [0.4, 0.5) is 4.39 Å². The number of fused-ring (bicyclic) bond motifs is 1. The molecule has 0 aliphatic heterocycles. The number of benzene rings is 2. The molecule has 0 aliphatic rings. The summed E-state index contributed by atoms with van der Waals surface area (Å²) in [7, 11) is 0. The molecule has 27 heavy (non-hydrogen) atoms. The number of aryl methyl sites for hydroxylation is 1. The highest BCUT2D eigenvalue weighted by Crippen LogP contribution is 2.22. The van der Waals surface area contributed by atoms with Crippen LogP contribution in [0.1, 0.15) is 24.0 Å². The molecule has 2 aromatic carbocycles. The van der Waals surface area contributed by atoms with Gasteiger partial charge in [0.2, 0.25) is 0 Å². The molecular weight excluding hydrogens is 359 g/mol. The second kappa shape index (κ2) is 7.56. The predicted molar refractivity (Wildman–Crippen MR) is 109 cm³/mol. The average molecular weight is 380 g/mol. The molecule has 0 radical (unpaired) electrons. The van der Waals surface area contributed by atoms with E-state index >= 15 is 0 Å². The minimum Gasteiger partial charge on any atom is -0.328 e. The van der Waals surface area contributed by atoms with E-state index < -0.39 is 0 Å². The van der Waals surface area contributed by atoms with Crippen molar-refractivity contribution >= 4 is 22.8 Å². The molecule has 2 aromatic heterocycles. The molecule has 0 spiro atoms. The lowest BCUT2D eigenvalue weighted by molar-refractivity contribution is 0.624. The Hall–Kier alpha value is -2.60. The van der Waals surface area contributed by atoms with Gasteiger partial charge in [0, 0.05) is 24.9 Å². The Kier molecular flexibility index (Phi) is 4.99. The van der Waals surface area contributed by atoms with Crippen molar-refractivity contribution in [2.45, 2.75) is 25.6 Å².